The van der Waals surface area contributed by atoms with Gasteiger partial charge in [0.1, 0.15) is 11.4 Å². The zero-order chi connectivity index (χ0) is 17.2. The number of nitrogens with one attached hydrogen (secondary N) is 2. The van der Waals surface area contributed by atoms with E-state index in [0.717, 1.165) is 10.4 Å². The van der Waals surface area contributed by atoms with Gasteiger partial charge in [-0.2, -0.15) is 5.10 Å². The molecule has 24 heavy (non-hydrogen) atoms. The van der Waals surface area contributed by atoms with Crippen LogP contribution in [0.3, 0.4) is 0 Å². The predicted molar refractivity (Wildman–Crippen MR) is 92.8 cm³/mol. The first kappa shape index (κ1) is 16.4. The Bertz CT molecular complexity index is 840. The number of rotatable bonds is 5. The molecule has 0 aliphatic carbocycles. The molecule has 0 saturated carbocycles. The first-order chi connectivity index (χ1) is 11.5. The number of carbonyl (C=O) groups excluding carboxylic acids is 1. The summed E-state index contributed by atoms with van der Waals surface area (Å²) < 4.78 is 0. The van der Waals surface area contributed by atoms with Crippen molar-refractivity contribution in [1.82, 2.24) is 20.5 Å². The third kappa shape index (κ3) is 3.52. The Balaban J connectivity index is 1.71. The summed E-state index contributed by atoms with van der Waals surface area (Å²) in [6.07, 6.45) is 0. The molecule has 3 N–H and O–H groups in total. The average Bonchev–Trinajstić information content (AvgIpc) is 3.24. The average molecular weight is 342 g/mol. The number of nitrogens with zero attached hydrogens (tertiary/aromatic N) is 2. The number of benzene rings is 1. The van der Waals surface area contributed by atoms with Gasteiger partial charge in [-0.1, -0.05) is 18.2 Å². The Kier molecular flexibility index (Phi) is 4.46. The third-order valence-corrected chi connectivity index (χ3v) is 4.75. The lowest BCUT2D eigenvalue weighted by Gasteiger charge is -2.22. The van der Waals surface area contributed by atoms with Crippen LogP contribution in [0.4, 0.5) is 0 Å². The Hall–Kier alpha value is -2.51. The SMILES string of the molecule is Cc1nc(-c2cccc(C(=O)NCC(C)(O)c3cccs3)c2)n[nH]1. The van der Waals surface area contributed by atoms with Crippen LogP contribution in [0.15, 0.2) is 41.8 Å². The van der Waals surface area contributed by atoms with Crippen LogP contribution >= 0.6 is 11.3 Å². The maximum atomic E-state index is 12.4. The molecule has 0 radical (unpaired) electrons. The summed E-state index contributed by atoms with van der Waals surface area (Å²) in [5.74, 6) is 1.01. The van der Waals surface area contributed by atoms with Crippen molar-refractivity contribution in [3.8, 4) is 11.4 Å². The van der Waals surface area contributed by atoms with Crippen molar-refractivity contribution in [2.45, 2.75) is 19.4 Å². The Morgan fingerprint density at radius 2 is 2.21 bits per heavy atom. The molecule has 0 spiro atoms. The van der Waals surface area contributed by atoms with E-state index in [2.05, 4.69) is 20.5 Å². The summed E-state index contributed by atoms with van der Waals surface area (Å²) in [6.45, 7) is 3.64. The summed E-state index contributed by atoms with van der Waals surface area (Å²) in [4.78, 5) is 17.5. The number of H-pyrrole nitrogens is 1. The highest BCUT2D eigenvalue weighted by molar-refractivity contribution is 7.10. The fraction of sp³-hybridized carbons (Fsp3) is 0.235. The van der Waals surface area contributed by atoms with Crippen molar-refractivity contribution >= 4 is 17.2 Å². The van der Waals surface area contributed by atoms with E-state index in [4.69, 9.17) is 0 Å². The second kappa shape index (κ2) is 6.54. The van der Waals surface area contributed by atoms with Gasteiger partial charge in [0.25, 0.3) is 5.91 Å². The molecule has 124 valence electrons. The zero-order valence-electron chi connectivity index (χ0n) is 13.4. The summed E-state index contributed by atoms with van der Waals surface area (Å²) in [6, 6.07) is 10.8. The third-order valence-electron chi connectivity index (χ3n) is 3.63. The second-order valence-electron chi connectivity index (χ2n) is 5.76. The van der Waals surface area contributed by atoms with Gasteiger partial charge in [0, 0.05) is 16.0 Å². The van der Waals surface area contributed by atoms with E-state index in [1.165, 1.54) is 11.3 Å². The highest BCUT2D eigenvalue weighted by Gasteiger charge is 2.25. The number of thiophene rings is 1. The molecule has 3 rings (SSSR count). The van der Waals surface area contributed by atoms with Crippen molar-refractivity contribution < 1.29 is 9.90 Å². The number of aliphatic hydroxyl groups is 1. The minimum Gasteiger partial charge on any atom is -0.383 e. The second-order valence-corrected chi connectivity index (χ2v) is 6.71. The monoisotopic (exact) mass is 342 g/mol. The van der Waals surface area contributed by atoms with Gasteiger partial charge in [0.05, 0.1) is 6.54 Å². The van der Waals surface area contributed by atoms with Crippen LogP contribution in [0.2, 0.25) is 0 Å². The minimum absolute atomic E-state index is 0.135. The van der Waals surface area contributed by atoms with Crippen LogP contribution in [0.25, 0.3) is 11.4 Å². The predicted octanol–water partition coefficient (Wildman–Crippen LogP) is 2.48. The van der Waals surface area contributed by atoms with Crippen LogP contribution in [0, 0.1) is 6.92 Å². The summed E-state index contributed by atoms with van der Waals surface area (Å²) in [5.41, 5.74) is 0.163. The van der Waals surface area contributed by atoms with Gasteiger partial charge < -0.3 is 10.4 Å². The molecule has 1 unspecified atom stereocenters. The highest BCUT2D eigenvalue weighted by Crippen LogP contribution is 2.24. The van der Waals surface area contributed by atoms with Crippen LogP contribution in [0.1, 0.15) is 28.0 Å². The summed E-state index contributed by atoms with van der Waals surface area (Å²) in [7, 11) is 0. The van der Waals surface area contributed by atoms with E-state index < -0.39 is 5.60 Å². The molecule has 1 amide bonds. The van der Waals surface area contributed by atoms with Gasteiger partial charge in [-0.05, 0) is 37.4 Å². The van der Waals surface area contributed by atoms with Gasteiger partial charge in [-0.15, -0.1) is 11.3 Å². The number of amides is 1. The van der Waals surface area contributed by atoms with E-state index in [1.807, 2.05) is 30.5 Å². The van der Waals surface area contributed by atoms with Gasteiger partial charge in [0.15, 0.2) is 5.82 Å². The van der Waals surface area contributed by atoms with Gasteiger partial charge in [-0.3, -0.25) is 9.89 Å². The maximum Gasteiger partial charge on any atom is 0.251 e. The number of carbonyl (C=O) groups is 1. The minimum atomic E-state index is -1.09. The largest absolute Gasteiger partial charge is 0.383 e. The smallest absolute Gasteiger partial charge is 0.251 e. The molecule has 2 aromatic heterocycles. The number of aromatic nitrogens is 3. The molecule has 6 nitrogen and oxygen atoms in total. The highest BCUT2D eigenvalue weighted by atomic mass is 32.1. The molecule has 1 aromatic carbocycles. The summed E-state index contributed by atoms with van der Waals surface area (Å²) >= 11 is 1.46. The van der Waals surface area contributed by atoms with E-state index in [0.29, 0.717) is 17.2 Å². The Morgan fingerprint density at radius 1 is 1.38 bits per heavy atom. The van der Waals surface area contributed by atoms with Crippen molar-refractivity contribution in [2.75, 3.05) is 6.54 Å². The standard InChI is InChI=1S/C17H18N4O2S/c1-11-19-15(21-20-11)12-5-3-6-13(9-12)16(22)18-10-17(2,23)14-7-4-8-24-14/h3-9,23H,10H2,1-2H3,(H,18,22)(H,19,20,21). The van der Waals surface area contributed by atoms with Gasteiger partial charge >= 0.3 is 0 Å². The normalized spacial score (nSPS) is 13.5. The Labute approximate surface area is 143 Å². The van der Waals surface area contributed by atoms with Crippen molar-refractivity contribution in [1.29, 1.82) is 0 Å². The van der Waals surface area contributed by atoms with Gasteiger partial charge in [0.2, 0.25) is 0 Å². The number of aryl methyl sites for hydroxylation is 1. The molecule has 7 heteroatoms. The van der Waals surface area contributed by atoms with Crippen LogP contribution in [-0.4, -0.2) is 32.7 Å². The van der Waals surface area contributed by atoms with Gasteiger partial charge in [-0.25, -0.2) is 4.98 Å². The number of hydrogen-bond acceptors (Lipinski definition) is 5. The maximum absolute atomic E-state index is 12.4. The molecule has 0 bridgehead atoms. The topological polar surface area (TPSA) is 90.9 Å². The van der Waals surface area contributed by atoms with Crippen LogP contribution in [-0.2, 0) is 5.60 Å². The van der Waals surface area contributed by atoms with Crippen LogP contribution < -0.4 is 5.32 Å². The lowest BCUT2D eigenvalue weighted by molar-refractivity contribution is 0.0557. The molecule has 0 fully saturated rings. The first-order valence-corrected chi connectivity index (χ1v) is 8.38. The lowest BCUT2D eigenvalue weighted by atomic mass is 10.0. The Morgan fingerprint density at radius 3 is 2.88 bits per heavy atom. The van der Waals surface area contributed by atoms with Crippen molar-refractivity contribution in [3.63, 3.8) is 0 Å². The zero-order valence-corrected chi connectivity index (χ0v) is 14.2. The number of hydrogen-bond donors (Lipinski definition) is 3. The molecule has 0 aliphatic rings. The fourth-order valence-corrected chi connectivity index (χ4v) is 3.08. The van der Waals surface area contributed by atoms with E-state index >= 15 is 0 Å². The molecule has 2 heterocycles. The molecule has 1 atom stereocenters. The van der Waals surface area contributed by atoms with E-state index in [9.17, 15) is 9.90 Å². The van der Waals surface area contributed by atoms with E-state index in [-0.39, 0.29) is 12.5 Å². The van der Waals surface area contributed by atoms with Crippen LogP contribution in [0.5, 0.6) is 0 Å². The number of aromatic amines is 1. The molecule has 0 aliphatic heterocycles. The van der Waals surface area contributed by atoms with Crippen molar-refractivity contribution in [3.05, 3.63) is 58.0 Å². The summed E-state index contributed by atoms with van der Waals surface area (Å²) in [5, 5.41) is 22.0. The molecular weight excluding hydrogens is 324 g/mol. The first-order valence-electron chi connectivity index (χ1n) is 7.50. The van der Waals surface area contributed by atoms with Crippen molar-refractivity contribution in [2.24, 2.45) is 0 Å². The van der Waals surface area contributed by atoms with E-state index in [1.54, 1.807) is 25.1 Å². The molecule has 0 saturated heterocycles. The molecule has 3 aromatic rings. The quantitative estimate of drug-likeness (QED) is 0.664. The lowest BCUT2D eigenvalue weighted by Crippen LogP contribution is -2.38. The fourth-order valence-electron chi connectivity index (χ4n) is 2.30. The molecular formula is C17H18N4O2S.